The van der Waals surface area contributed by atoms with Gasteiger partial charge in [0.05, 0.1) is 31.9 Å². The minimum Gasteiger partial charge on any atom is -0.497 e. The van der Waals surface area contributed by atoms with Crippen LogP contribution in [0.25, 0.3) is 0 Å². The molecule has 3 rings (SSSR count). The normalized spacial score (nSPS) is 10.8. The standard InChI is InChI=1S/C19H20BrN7O3S/c1-29-14-7-8-16(30-2)15(9-14)23-17(28)11-31-19-26-25-18(27(19)21)24-22-10-12-3-5-13(20)6-4-12/h3-10H,11,21H2,1-2H3,(H,23,28)(H,24,25)/b22-10+. The lowest BCUT2D eigenvalue weighted by atomic mass is 10.2. The van der Waals surface area contributed by atoms with Crippen LogP contribution in [-0.4, -0.2) is 47.0 Å². The van der Waals surface area contributed by atoms with E-state index in [1.165, 1.54) is 11.8 Å². The summed E-state index contributed by atoms with van der Waals surface area (Å²) in [5, 5.41) is 15.1. The minimum atomic E-state index is -0.262. The van der Waals surface area contributed by atoms with Gasteiger partial charge in [0.2, 0.25) is 11.1 Å². The molecule has 0 fully saturated rings. The van der Waals surface area contributed by atoms with Gasteiger partial charge in [0.1, 0.15) is 11.5 Å². The van der Waals surface area contributed by atoms with Crippen molar-refractivity contribution in [2.75, 3.05) is 36.6 Å². The van der Waals surface area contributed by atoms with E-state index < -0.39 is 0 Å². The number of nitrogens with one attached hydrogen (secondary N) is 2. The summed E-state index contributed by atoms with van der Waals surface area (Å²) in [6.07, 6.45) is 1.63. The molecular formula is C19H20BrN7O3S. The Morgan fingerprint density at radius 3 is 2.71 bits per heavy atom. The summed E-state index contributed by atoms with van der Waals surface area (Å²) in [5.74, 6) is 7.16. The number of hydrogen-bond donors (Lipinski definition) is 3. The smallest absolute Gasteiger partial charge is 0.264 e. The van der Waals surface area contributed by atoms with Gasteiger partial charge in [-0.3, -0.25) is 4.79 Å². The number of benzene rings is 2. The van der Waals surface area contributed by atoms with Crippen LogP contribution < -0.4 is 26.1 Å². The van der Waals surface area contributed by atoms with Crippen LogP contribution in [0.5, 0.6) is 11.5 Å². The number of nitrogens with zero attached hydrogens (tertiary/aromatic N) is 4. The third-order valence-electron chi connectivity index (χ3n) is 3.93. The van der Waals surface area contributed by atoms with Gasteiger partial charge in [0.15, 0.2) is 0 Å². The lowest BCUT2D eigenvalue weighted by molar-refractivity contribution is -0.113. The first kappa shape index (κ1) is 22.4. The molecule has 1 heterocycles. The lowest BCUT2D eigenvalue weighted by Crippen LogP contribution is -2.17. The molecule has 31 heavy (non-hydrogen) atoms. The SMILES string of the molecule is COc1ccc(OC)c(NC(=O)CSc2nnc(N/N=C/c3ccc(Br)cc3)n2N)c1. The first-order valence-electron chi connectivity index (χ1n) is 8.90. The van der Waals surface area contributed by atoms with Crippen LogP contribution in [-0.2, 0) is 4.79 Å². The van der Waals surface area contributed by atoms with E-state index in [-0.39, 0.29) is 17.6 Å². The van der Waals surface area contributed by atoms with E-state index in [0.717, 1.165) is 21.8 Å². The fraction of sp³-hybridized carbons (Fsp3) is 0.158. The molecule has 10 nitrogen and oxygen atoms in total. The Hall–Kier alpha value is -3.25. The Bertz CT molecular complexity index is 1070. The zero-order chi connectivity index (χ0) is 22.2. The first-order valence-corrected chi connectivity index (χ1v) is 10.7. The van der Waals surface area contributed by atoms with Gasteiger partial charge < -0.3 is 20.6 Å². The van der Waals surface area contributed by atoms with Crippen LogP contribution in [0.4, 0.5) is 11.6 Å². The Morgan fingerprint density at radius 2 is 2.00 bits per heavy atom. The number of anilines is 2. The second kappa shape index (κ2) is 10.7. The zero-order valence-corrected chi connectivity index (χ0v) is 19.1. The van der Waals surface area contributed by atoms with Crippen LogP contribution in [0.2, 0.25) is 0 Å². The van der Waals surface area contributed by atoms with Gasteiger partial charge in [0, 0.05) is 10.5 Å². The van der Waals surface area contributed by atoms with Crippen LogP contribution in [0.15, 0.2) is 57.2 Å². The Kier molecular flexibility index (Phi) is 7.73. The van der Waals surface area contributed by atoms with Gasteiger partial charge in [-0.15, -0.1) is 10.2 Å². The molecule has 0 saturated heterocycles. The third-order valence-corrected chi connectivity index (χ3v) is 5.40. The van der Waals surface area contributed by atoms with E-state index in [0.29, 0.717) is 22.3 Å². The number of ether oxygens (including phenoxy) is 2. The first-order chi connectivity index (χ1) is 15.0. The molecule has 3 aromatic rings. The Labute approximate surface area is 191 Å². The maximum Gasteiger partial charge on any atom is 0.264 e. The average Bonchev–Trinajstić information content (AvgIpc) is 3.13. The zero-order valence-electron chi connectivity index (χ0n) is 16.7. The van der Waals surface area contributed by atoms with E-state index in [1.807, 2.05) is 24.3 Å². The van der Waals surface area contributed by atoms with E-state index in [2.05, 4.69) is 42.0 Å². The van der Waals surface area contributed by atoms with Gasteiger partial charge >= 0.3 is 0 Å². The molecule has 0 spiro atoms. The summed E-state index contributed by atoms with van der Waals surface area (Å²) in [6.45, 7) is 0. The largest absolute Gasteiger partial charge is 0.497 e. The Morgan fingerprint density at radius 1 is 1.23 bits per heavy atom. The second-order valence-corrected chi connectivity index (χ2v) is 7.86. The molecule has 0 aliphatic carbocycles. The summed E-state index contributed by atoms with van der Waals surface area (Å²) < 4.78 is 12.6. The number of rotatable bonds is 9. The summed E-state index contributed by atoms with van der Waals surface area (Å²) in [5.41, 5.74) is 4.14. The van der Waals surface area contributed by atoms with Crippen LogP contribution in [0, 0.1) is 0 Å². The van der Waals surface area contributed by atoms with Crippen LogP contribution >= 0.6 is 27.7 Å². The molecule has 0 aliphatic heterocycles. The number of aromatic nitrogens is 3. The molecule has 1 aromatic heterocycles. The number of nitrogens with two attached hydrogens (primary N) is 1. The molecule has 2 aromatic carbocycles. The van der Waals surface area contributed by atoms with Crippen molar-refractivity contribution in [3.8, 4) is 11.5 Å². The number of amides is 1. The average molecular weight is 506 g/mol. The number of carbonyl (C=O) groups excluding carboxylic acids is 1. The topological polar surface area (TPSA) is 129 Å². The summed E-state index contributed by atoms with van der Waals surface area (Å²) in [6, 6.07) is 12.8. The van der Waals surface area contributed by atoms with Gasteiger partial charge in [-0.2, -0.15) is 5.10 Å². The molecule has 12 heteroatoms. The number of methoxy groups -OCH3 is 2. The quantitative estimate of drug-likeness (QED) is 0.175. The molecule has 0 radical (unpaired) electrons. The van der Waals surface area contributed by atoms with Crippen molar-refractivity contribution in [3.05, 3.63) is 52.5 Å². The van der Waals surface area contributed by atoms with E-state index >= 15 is 0 Å². The highest BCUT2D eigenvalue weighted by Crippen LogP contribution is 2.29. The van der Waals surface area contributed by atoms with Crippen molar-refractivity contribution in [3.63, 3.8) is 0 Å². The number of thioether (sulfide) groups is 1. The summed E-state index contributed by atoms with van der Waals surface area (Å²) in [7, 11) is 3.07. The Balaban J connectivity index is 1.56. The van der Waals surface area contributed by atoms with Crippen molar-refractivity contribution in [1.29, 1.82) is 0 Å². The fourth-order valence-electron chi connectivity index (χ4n) is 2.39. The maximum absolute atomic E-state index is 12.4. The predicted molar refractivity (Wildman–Crippen MR) is 124 cm³/mol. The molecule has 162 valence electrons. The fourth-order valence-corrected chi connectivity index (χ4v) is 3.31. The highest BCUT2D eigenvalue weighted by molar-refractivity contribution is 9.10. The third kappa shape index (κ3) is 6.12. The monoisotopic (exact) mass is 505 g/mol. The molecule has 4 N–H and O–H groups in total. The van der Waals surface area contributed by atoms with Gasteiger partial charge in [-0.1, -0.05) is 39.8 Å². The highest BCUT2D eigenvalue weighted by Gasteiger charge is 2.14. The molecular weight excluding hydrogens is 486 g/mol. The van der Waals surface area contributed by atoms with Crippen LogP contribution in [0.3, 0.4) is 0 Å². The lowest BCUT2D eigenvalue weighted by Gasteiger charge is -2.11. The van der Waals surface area contributed by atoms with E-state index in [4.69, 9.17) is 15.3 Å². The molecule has 0 bridgehead atoms. The van der Waals surface area contributed by atoms with E-state index in [9.17, 15) is 4.79 Å². The van der Waals surface area contributed by atoms with Crippen molar-refractivity contribution in [2.45, 2.75) is 5.16 Å². The molecule has 0 unspecified atom stereocenters. The van der Waals surface area contributed by atoms with E-state index in [1.54, 1.807) is 31.5 Å². The molecule has 0 saturated carbocycles. The minimum absolute atomic E-state index is 0.0673. The number of nitrogen functional groups attached to an aromatic ring is 1. The predicted octanol–water partition coefficient (Wildman–Crippen LogP) is 2.95. The van der Waals surface area contributed by atoms with Crippen molar-refractivity contribution < 1.29 is 14.3 Å². The van der Waals surface area contributed by atoms with Gasteiger partial charge in [0.25, 0.3) is 5.95 Å². The second-order valence-electron chi connectivity index (χ2n) is 6.00. The number of halogens is 1. The summed E-state index contributed by atoms with van der Waals surface area (Å²) in [4.78, 5) is 12.4. The number of hydrazone groups is 1. The van der Waals surface area contributed by atoms with Crippen LogP contribution in [0.1, 0.15) is 5.56 Å². The molecule has 0 atom stereocenters. The number of carbonyl (C=O) groups is 1. The molecule has 0 aliphatic rings. The number of hydrogen-bond acceptors (Lipinski definition) is 9. The van der Waals surface area contributed by atoms with Crippen molar-refractivity contribution in [1.82, 2.24) is 14.9 Å². The maximum atomic E-state index is 12.4. The van der Waals surface area contributed by atoms with Crippen molar-refractivity contribution in [2.24, 2.45) is 5.10 Å². The van der Waals surface area contributed by atoms with Gasteiger partial charge in [-0.25, -0.2) is 10.1 Å². The molecule has 1 amide bonds. The highest BCUT2D eigenvalue weighted by atomic mass is 79.9. The van der Waals surface area contributed by atoms with Gasteiger partial charge in [-0.05, 0) is 29.8 Å². The van der Waals surface area contributed by atoms with Crippen molar-refractivity contribution >= 4 is 51.4 Å². The summed E-state index contributed by atoms with van der Waals surface area (Å²) >= 11 is 4.51.